The molecule has 0 radical (unpaired) electrons. The molecule has 6 nitrogen and oxygen atoms in total. The molecule has 1 fully saturated rings. The number of carbonyl (C=O) groups is 2. The van der Waals surface area contributed by atoms with Crippen LogP contribution in [0.15, 0.2) is 34.8 Å². The van der Waals surface area contributed by atoms with Gasteiger partial charge in [-0.1, -0.05) is 47.3 Å². The van der Waals surface area contributed by atoms with E-state index in [-0.39, 0.29) is 11.8 Å². The topological polar surface area (TPSA) is 86.9 Å². The summed E-state index contributed by atoms with van der Waals surface area (Å²) >= 11 is 3.38. The lowest BCUT2D eigenvalue weighted by Gasteiger charge is -2.20. The van der Waals surface area contributed by atoms with Gasteiger partial charge in [0.05, 0.1) is 5.69 Å². The molecule has 0 unspecified atom stereocenters. The van der Waals surface area contributed by atoms with Crippen molar-refractivity contribution in [3.63, 3.8) is 0 Å². The lowest BCUT2D eigenvalue weighted by molar-refractivity contribution is -0.126. The van der Waals surface area contributed by atoms with Gasteiger partial charge >= 0.3 is 0 Å². The summed E-state index contributed by atoms with van der Waals surface area (Å²) in [6.07, 6.45) is 5.11. The molecule has 0 aliphatic heterocycles. The van der Waals surface area contributed by atoms with Gasteiger partial charge in [-0.05, 0) is 31.0 Å². The lowest BCUT2D eigenvalue weighted by atomic mass is 9.89. The smallest absolute Gasteiger partial charge is 0.273 e. The lowest BCUT2D eigenvalue weighted by Crippen LogP contribution is -2.45. The zero-order chi connectivity index (χ0) is 16.9. The standard InChI is InChI=1S/C17H19BrN4O2/c18-13-8-6-11(7-9-13)14-10-15(20-19-14)17(24)22-21-16(23)12-4-2-1-3-5-12/h6-10,12H,1-5H2,(H,19,20)(H,21,23)(H,22,24). The molecule has 24 heavy (non-hydrogen) atoms. The Balaban J connectivity index is 1.57. The minimum Gasteiger partial charge on any atom is -0.273 e. The maximum absolute atomic E-state index is 12.1. The number of carbonyl (C=O) groups excluding carboxylic acids is 2. The summed E-state index contributed by atoms with van der Waals surface area (Å²) in [4.78, 5) is 24.2. The van der Waals surface area contributed by atoms with Gasteiger partial charge < -0.3 is 0 Å². The number of nitrogens with one attached hydrogen (secondary N) is 3. The summed E-state index contributed by atoms with van der Waals surface area (Å²) in [5, 5.41) is 6.84. The zero-order valence-electron chi connectivity index (χ0n) is 13.1. The molecule has 3 N–H and O–H groups in total. The number of aromatic amines is 1. The second-order valence-electron chi connectivity index (χ2n) is 5.95. The molecule has 0 spiro atoms. The van der Waals surface area contributed by atoms with Crippen LogP contribution in [-0.4, -0.2) is 22.0 Å². The quantitative estimate of drug-likeness (QED) is 0.703. The predicted molar refractivity (Wildman–Crippen MR) is 93.9 cm³/mol. The van der Waals surface area contributed by atoms with Crippen LogP contribution in [0.4, 0.5) is 0 Å². The van der Waals surface area contributed by atoms with E-state index < -0.39 is 5.91 Å². The summed E-state index contributed by atoms with van der Waals surface area (Å²) in [6, 6.07) is 9.30. The van der Waals surface area contributed by atoms with Gasteiger partial charge in [0.25, 0.3) is 5.91 Å². The second-order valence-corrected chi connectivity index (χ2v) is 6.87. The maximum Gasteiger partial charge on any atom is 0.287 e. The fourth-order valence-electron chi connectivity index (χ4n) is 2.86. The monoisotopic (exact) mass is 390 g/mol. The van der Waals surface area contributed by atoms with Crippen LogP contribution in [0.25, 0.3) is 11.3 Å². The van der Waals surface area contributed by atoms with Gasteiger partial charge in [-0.25, -0.2) is 0 Å². The van der Waals surface area contributed by atoms with Crippen LogP contribution < -0.4 is 10.9 Å². The first-order chi connectivity index (χ1) is 11.6. The first-order valence-corrected chi connectivity index (χ1v) is 8.84. The van der Waals surface area contributed by atoms with E-state index in [0.29, 0.717) is 11.4 Å². The maximum atomic E-state index is 12.1. The Morgan fingerprint density at radius 3 is 2.50 bits per heavy atom. The Labute approximate surface area is 148 Å². The van der Waals surface area contributed by atoms with E-state index in [9.17, 15) is 9.59 Å². The van der Waals surface area contributed by atoms with Crippen LogP contribution in [-0.2, 0) is 4.79 Å². The van der Waals surface area contributed by atoms with Gasteiger partial charge in [-0.3, -0.25) is 25.5 Å². The first kappa shape index (κ1) is 16.7. The van der Waals surface area contributed by atoms with Crippen molar-refractivity contribution in [1.82, 2.24) is 21.0 Å². The minimum absolute atomic E-state index is 0.000793. The number of benzene rings is 1. The van der Waals surface area contributed by atoms with Gasteiger partial charge in [-0.2, -0.15) is 5.10 Å². The summed E-state index contributed by atoms with van der Waals surface area (Å²) < 4.78 is 0.977. The molecule has 0 atom stereocenters. The average Bonchev–Trinajstić information content (AvgIpc) is 3.11. The number of hydrazine groups is 1. The number of hydrogen-bond acceptors (Lipinski definition) is 3. The highest BCUT2D eigenvalue weighted by Gasteiger charge is 2.21. The Morgan fingerprint density at radius 1 is 1.08 bits per heavy atom. The number of hydrogen-bond donors (Lipinski definition) is 3. The van der Waals surface area contributed by atoms with Crippen molar-refractivity contribution in [1.29, 1.82) is 0 Å². The molecule has 7 heteroatoms. The molecule has 1 heterocycles. The van der Waals surface area contributed by atoms with E-state index in [4.69, 9.17) is 0 Å². The Hall–Kier alpha value is -2.15. The van der Waals surface area contributed by atoms with Gasteiger partial charge in [-0.15, -0.1) is 0 Å². The van der Waals surface area contributed by atoms with Crippen molar-refractivity contribution in [3.8, 4) is 11.3 Å². The summed E-state index contributed by atoms with van der Waals surface area (Å²) in [7, 11) is 0. The van der Waals surface area contributed by atoms with Gasteiger partial charge in [0, 0.05) is 16.0 Å². The number of aromatic nitrogens is 2. The van der Waals surface area contributed by atoms with E-state index in [1.54, 1.807) is 6.07 Å². The first-order valence-electron chi connectivity index (χ1n) is 8.05. The van der Waals surface area contributed by atoms with Gasteiger partial charge in [0.1, 0.15) is 5.69 Å². The van der Waals surface area contributed by atoms with Crippen molar-refractivity contribution in [2.24, 2.45) is 5.92 Å². The number of nitrogens with zero attached hydrogens (tertiary/aromatic N) is 1. The van der Waals surface area contributed by atoms with Crippen LogP contribution in [0, 0.1) is 5.92 Å². The predicted octanol–water partition coefficient (Wildman–Crippen LogP) is 3.18. The molecule has 126 valence electrons. The highest BCUT2D eigenvalue weighted by atomic mass is 79.9. The molecule has 0 saturated heterocycles. The second kappa shape index (κ2) is 7.61. The number of H-pyrrole nitrogens is 1. The van der Waals surface area contributed by atoms with Gasteiger partial charge in [0.15, 0.2) is 0 Å². The SMILES string of the molecule is O=C(NNC(=O)C1CCCCC1)c1cc(-c2ccc(Br)cc2)n[nH]1. The Kier molecular flexibility index (Phi) is 5.30. The van der Waals surface area contributed by atoms with Crippen LogP contribution in [0.5, 0.6) is 0 Å². The summed E-state index contributed by atoms with van der Waals surface area (Å²) in [5.74, 6) is -0.523. The van der Waals surface area contributed by atoms with Crippen molar-refractivity contribution < 1.29 is 9.59 Å². The molecule has 1 aliphatic carbocycles. The fourth-order valence-corrected chi connectivity index (χ4v) is 3.12. The van der Waals surface area contributed by atoms with Crippen molar-refractivity contribution in [3.05, 3.63) is 40.5 Å². The highest BCUT2D eigenvalue weighted by Crippen LogP contribution is 2.23. The van der Waals surface area contributed by atoms with Crippen molar-refractivity contribution >= 4 is 27.7 Å². The van der Waals surface area contributed by atoms with E-state index in [1.165, 1.54) is 6.42 Å². The fraction of sp³-hybridized carbons (Fsp3) is 0.353. The van der Waals surface area contributed by atoms with E-state index >= 15 is 0 Å². The third kappa shape index (κ3) is 4.03. The molecule has 1 saturated carbocycles. The Morgan fingerprint density at radius 2 is 1.79 bits per heavy atom. The van der Waals surface area contributed by atoms with E-state index in [1.807, 2.05) is 24.3 Å². The molecular weight excluding hydrogens is 372 g/mol. The zero-order valence-corrected chi connectivity index (χ0v) is 14.7. The molecule has 2 amide bonds. The molecule has 0 bridgehead atoms. The largest absolute Gasteiger partial charge is 0.287 e. The molecule has 3 rings (SSSR count). The van der Waals surface area contributed by atoms with Crippen molar-refractivity contribution in [2.45, 2.75) is 32.1 Å². The highest BCUT2D eigenvalue weighted by molar-refractivity contribution is 9.10. The Bertz CT molecular complexity index is 720. The van der Waals surface area contributed by atoms with E-state index in [0.717, 1.165) is 35.7 Å². The molecular formula is C17H19BrN4O2. The van der Waals surface area contributed by atoms with Crippen molar-refractivity contribution in [2.75, 3.05) is 0 Å². The number of halogens is 1. The normalized spacial score (nSPS) is 15.0. The summed E-state index contributed by atoms with van der Waals surface area (Å²) in [5.41, 5.74) is 6.85. The molecule has 1 aromatic heterocycles. The van der Waals surface area contributed by atoms with Crippen LogP contribution in [0.3, 0.4) is 0 Å². The number of amides is 2. The van der Waals surface area contributed by atoms with Crippen LogP contribution >= 0.6 is 15.9 Å². The molecule has 1 aromatic carbocycles. The third-order valence-corrected chi connectivity index (χ3v) is 4.77. The number of rotatable bonds is 3. The van der Waals surface area contributed by atoms with Gasteiger partial charge in [0.2, 0.25) is 5.91 Å². The molecule has 1 aliphatic rings. The average molecular weight is 391 g/mol. The molecule has 2 aromatic rings. The minimum atomic E-state index is -0.407. The van der Waals surface area contributed by atoms with Crippen LogP contribution in [0.2, 0.25) is 0 Å². The summed E-state index contributed by atoms with van der Waals surface area (Å²) in [6.45, 7) is 0. The third-order valence-electron chi connectivity index (χ3n) is 4.24. The van der Waals surface area contributed by atoms with E-state index in [2.05, 4.69) is 37.0 Å². The van der Waals surface area contributed by atoms with Crippen LogP contribution in [0.1, 0.15) is 42.6 Å².